The van der Waals surface area contributed by atoms with Crippen molar-refractivity contribution in [3.8, 4) is 22.8 Å². The molecule has 9 nitrogen and oxygen atoms in total. The Kier molecular flexibility index (Phi) is 5.50. The van der Waals surface area contributed by atoms with Gasteiger partial charge in [-0.25, -0.2) is 13.9 Å². The quantitative estimate of drug-likeness (QED) is 0.455. The highest BCUT2D eigenvalue weighted by molar-refractivity contribution is 7.20. The second-order valence-electron chi connectivity index (χ2n) is 8.50. The van der Waals surface area contributed by atoms with Crippen LogP contribution in [-0.2, 0) is 4.79 Å². The highest BCUT2D eigenvalue weighted by Crippen LogP contribution is 2.34. The fourth-order valence-electron chi connectivity index (χ4n) is 4.26. The largest absolute Gasteiger partial charge is 0.454 e. The van der Waals surface area contributed by atoms with Gasteiger partial charge >= 0.3 is 0 Å². The average molecular weight is 495 g/mol. The monoisotopic (exact) mass is 494 g/mol. The molecule has 0 unspecified atom stereocenters. The van der Waals surface area contributed by atoms with Crippen molar-refractivity contribution in [3.63, 3.8) is 0 Å². The van der Waals surface area contributed by atoms with Gasteiger partial charge in [-0.2, -0.15) is 0 Å². The van der Waals surface area contributed by atoms with Crippen LogP contribution in [0.2, 0.25) is 0 Å². The van der Waals surface area contributed by atoms with Gasteiger partial charge in [0.15, 0.2) is 11.5 Å². The molecule has 0 bridgehead atoms. The first-order chi connectivity index (χ1) is 17.0. The van der Waals surface area contributed by atoms with Gasteiger partial charge in [0.05, 0.1) is 17.9 Å². The molecule has 1 fully saturated rings. The molecule has 2 aromatic carbocycles. The number of fused-ring (bicyclic) bond motifs is 2. The summed E-state index contributed by atoms with van der Waals surface area (Å²) in [4.78, 5) is 22.7. The Labute approximate surface area is 204 Å². The number of halogens is 1. The zero-order valence-corrected chi connectivity index (χ0v) is 19.8. The Morgan fingerprint density at radius 1 is 1.09 bits per heavy atom. The van der Waals surface area contributed by atoms with Gasteiger partial charge in [-0.1, -0.05) is 11.3 Å². The maximum atomic E-state index is 13.2. The number of carbonyl (C=O) groups excluding carboxylic acids is 1. The van der Waals surface area contributed by atoms with Crippen LogP contribution in [0.25, 0.3) is 16.2 Å². The van der Waals surface area contributed by atoms with Crippen molar-refractivity contribution in [2.75, 3.05) is 43.2 Å². The Morgan fingerprint density at radius 2 is 1.86 bits per heavy atom. The lowest BCUT2D eigenvalue weighted by atomic mass is 10.2. The number of hydrogen-bond acceptors (Lipinski definition) is 8. The predicted molar refractivity (Wildman–Crippen MR) is 131 cm³/mol. The van der Waals surface area contributed by atoms with Crippen molar-refractivity contribution in [3.05, 3.63) is 54.5 Å². The van der Waals surface area contributed by atoms with Crippen molar-refractivity contribution < 1.29 is 18.7 Å². The molecule has 6 rings (SSSR count). The fourth-order valence-corrected chi connectivity index (χ4v) is 5.20. The molecular weight excluding hydrogens is 471 g/mol. The molecule has 4 aromatic rings. The van der Waals surface area contributed by atoms with Crippen LogP contribution < -0.4 is 19.7 Å². The van der Waals surface area contributed by atoms with E-state index in [0.29, 0.717) is 17.2 Å². The van der Waals surface area contributed by atoms with Crippen LogP contribution in [0.3, 0.4) is 0 Å². The molecule has 180 valence electrons. The number of nitrogens with one attached hydrogen (secondary N) is 1. The number of ether oxygens (including phenoxy) is 2. The van der Waals surface area contributed by atoms with E-state index in [4.69, 9.17) is 14.6 Å². The minimum atomic E-state index is -0.269. The Morgan fingerprint density at radius 3 is 2.63 bits per heavy atom. The normalized spacial score (nSPS) is 16.6. The van der Waals surface area contributed by atoms with Crippen molar-refractivity contribution in [2.45, 2.75) is 13.0 Å². The van der Waals surface area contributed by atoms with E-state index < -0.39 is 0 Å². The molecule has 0 spiro atoms. The minimum Gasteiger partial charge on any atom is -0.454 e. The molecule has 1 saturated heterocycles. The SMILES string of the molecule is C[C@H](C(=O)Nc1ccc2c(c1)OCO2)N1CCN(c2nn3cc(-c4ccc(F)cc4)nc3s2)CC1. The van der Waals surface area contributed by atoms with Crippen molar-refractivity contribution in [1.29, 1.82) is 0 Å². The summed E-state index contributed by atoms with van der Waals surface area (Å²) in [5.41, 5.74) is 2.31. The summed E-state index contributed by atoms with van der Waals surface area (Å²) in [5.74, 6) is 1.00. The molecule has 2 aliphatic rings. The molecular formula is C24H23FN6O3S. The van der Waals surface area contributed by atoms with E-state index >= 15 is 0 Å². The van der Waals surface area contributed by atoms with E-state index in [-0.39, 0.29) is 24.6 Å². The molecule has 2 aliphatic heterocycles. The van der Waals surface area contributed by atoms with Crippen LogP contribution >= 0.6 is 11.3 Å². The lowest BCUT2D eigenvalue weighted by molar-refractivity contribution is -0.120. The lowest BCUT2D eigenvalue weighted by Gasteiger charge is -2.37. The predicted octanol–water partition coefficient (Wildman–Crippen LogP) is 3.47. The van der Waals surface area contributed by atoms with E-state index in [9.17, 15) is 9.18 Å². The summed E-state index contributed by atoms with van der Waals surface area (Å²) in [6.07, 6.45) is 1.86. The molecule has 11 heteroatoms. The molecule has 1 N–H and O–H groups in total. The first-order valence-corrected chi connectivity index (χ1v) is 12.2. The molecule has 0 saturated carbocycles. The summed E-state index contributed by atoms with van der Waals surface area (Å²) in [6.45, 7) is 5.16. The lowest BCUT2D eigenvalue weighted by Crippen LogP contribution is -2.52. The number of benzene rings is 2. The van der Waals surface area contributed by atoms with Crippen molar-refractivity contribution >= 4 is 33.0 Å². The van der Waals surface area contributed by atoms with Gasteiger partial charge in [0, 0.05) is 43.5 Å². The smallest absolute Gasteiger partial charge is 0.241 e. The Bertz CT molecular complexity index is 1350. The van der Waals surface area contributed by atoms with Gasteiger partial charge < -0.3 is 19.7 Å². The number of imidazole rings is 1. The maximum absolute atomic E-state index is 13.2. The van der Waals surface area contributed by atoms with Crippen LogP contribution in [0.1, 0.15) is 6.92 Å². The number of nitrogens with zero attached hydrogens (tertiary/aromatic N) is 5. The summed E-state index contributed by atoms with van der Waals surface area (Å²) in [5, 5.41) is 8.57. The van der Waals surface area contributed by atoms with E-state index in [2.05, 4.69) is 20.1 Å². The van der Waals surface area contributed by atoms with Crippen molar-refractivity contribution in [1.82, 2.24) is 19.5 Å². The maximum Gasteiger partial charge on any atom is 0.241 e. The van der Waals surface area contributed by atoms with Crippen LogP contribution in [-0.4, -0.2) is 64.4 Å². The summed E-state index contributed by atoms with van der Waals surface area (Å²) >= 11 is 1.52. The standard InChI is InChI=1S/C24H23FN6O3S/c1-15(22(32)26-18-6-7-20-21(12-18)34-14-33-20)29-8-10-30(11-9-29)24-28-31-13-19(27-23(31)35-24)16-2-4-17(25)5-3-16/h2-7,12-13,15H,8-11,14H2,1H3,(H,26,32)/t15-/m1/s1. The highest BCUT2D eigenvalue weighted by Gasteiger charge is 2.27. The third kappa shape index (κ3) is 4.28. The molecule has 1 atom stereocenters. The molecule has 1 amide bonds. The van der Waals surface area contributed by atoms with E-state index in [1.54, 1.807) is 28.8 Å². The number of anilines is 2. The fraction of sp³-hybridized carbons (Fsp3) is 0.292. The highest BCUT2D eigenvalue weighted by atomic mass is 32.1. The Balaban J connectivity index is 1.06. The van der Waals surface area contributed by atoms with Crippen LogP contribution in [0.15, 0.2) is 48.7 Å². The summed E-state index contributed by atoms with van der Waals surface area (Å²) < 4.78 is 25.7. The second kappa shape index (κ2) is 8.82. The average Bonchev–Trinajstić information content (AvgIpc) is 3.59. The minimum absolute atomic E-state index is 0.0571. The first kappa shape index (κ1) is 21.8. The molecule has 2 aromatic heterocycles. The van der Waals surface area contributed by atoms with Gasteiger partial charge in [0.1, 0.15) is 5.82 Å². The molecule has 0 aliphatic carbocycles. The van der Waals surface area contributed by atoms with Gasteiger partial charge in [0.25, 0.3) is 0 Å². The topological polar surface area (TPSA) is 84.2 Å². The molecule has 35 heavy (non-hydrogen) atoms. The number of aromatic nitrogens is 3. The number of piperazine rings is 1. The number of amides is 1. The zero-order chi connectivity index (χ0) is 23.9. The third-order valence-electron chi connectivity index (χ3n) is 6.32. The van der Waals surface area contributed by atoms with Gasteiger partial charge in [0.2, 0.25) is 22.8 Å². The number of carbonyl (C=O) groups is 1. The van der Waals surface area contributed by atoms with Gasteiger partial charge in [-0.05, 0) is 43.3 Å². The Hall–Kier alpha value is -3.70. The van der Waals surface area contributed by atoms with Gasteiger partial charge in [-0.15, -0.1) is 5.10 Å². The second-order valence-corrected chi connectivity index (χ2v) is 9.44. The van der Waals surface area contributed by atoms with Crippen molar-refractivity contribution in [2.24, 2.45) is 0 Å². The van der Waals surface area contributed by atoms with E-state index in [0.717, 1.165) is 47.5 Å². The van der Waals surface area contributed by atoms with Crippen LogP contribution in [0.5, 0.6) is 11.5 Å². The number of rotatable bonds is 5. The first-order valence-electron chi connectivity index (χ1n) is 11.4. The van der Waals surface area contributed by atoms with E-state index in [1.807, 2.05) is 19.2 Å². The number of hydrogen-bond donors (Lipinski definition) is 1. The van der Waals surface area contributed by atoms with Crippen LogP contribution in [0, 0.1) is 5.82 Å². The summed E-state index contributed by atoms with van der Waals surface area (Å²) in [7, 11) is 0. The zero-order valence-electron chi connectivity index (χ0n) is 19.0. The molecule has 4 heterocycles. The van der Waals surface area contributed by atoms with Crippen LogP contribution in [0.4, 0.5) is 15.2 Å². The molecule has 0 radical (unpaired) electrons. The summed E-state index contributed by atoms with van der Waals surface area (Å²) in [6, 6.07) is 11.4. The van der Waals surface area contributed by atoms with E-state index in [1.165, 1.54) is 23.5 Å². The third-order valence-corrected chi connectivity index (χ3v) is 7.31. The van der Waals surface area contributed by atoms with Gasteiger partial charge in [-0.3, -0.25) is 9.69 Å².